The standard InChI is InChI=1S/C25H26N4O4/c1-5-13-33-21-12-11-18(15-22(21)32-4)14-19(16-26)24(30)27-23-17(2)28(3)29(25(23)31)20-9-7-6-8-10-20/h6-12,14-15H,5,13H2,1-4H3,(H,27,30). The van der Waals surface area contributed by atoms with E-state index in [2.05, 4.69) is 5.32 Å². The number of nitrogens with one attached hydrogen (secondary N) is 1. The fourth-order valence-electron chi connectivity index (χ4n) is 3.31. The number of benzene rings is 2. The summed E-state index contributed by atoms with van der Waals surface area (Å²) >= 11 is 0. The third-order valence-corrected chi connectivity index (χ3v) is 5.12. The van der Waals surface area contributed by atoms with Crippen molar-refractivity contribution in [3.05, 3.63) is 75.7 Å². The minimum absolute atomic E-state index is 0.119. The number of aromatic nitrogens is 2. The number of para-hydroxylation sites is 1. The van der Waals surface area contributed by atoms with Crippen LogP contribution in [0.3, 0.4) is 0 Å². The Morgan fingerprint density at radius 2 is 1.91 bits per heavy atom. The number of methoxy groups -OCH3 is 1. The SMILES string of the molecule is CCCOc1ccc(C=C(C#N)C(=O)Nc2c(C)n(C)n(-c3ccccc3)c2=O)cc1OC. The van der Waals surface area contributed by atoms with E-state index in [4.69, 9.17) is 9.47 Å². The van der Waals surface area contributed by atoms with Crippen LogP contribution in [0.15, 0.2) is 58.9 Å². The minimum Gasteiger partial charge on any atom is -0.493 e. The number of hydrogen-bond acceptors (Lipinski definition) is 5. The highest BCUT2D eigenvalue weighted by Gasteiger charge is 2.20. The van der Waals surface area contributed by atoms with Gasteiger partial charge in [-0.25, -0.2) is 4.68 Å². The number of nitrogens with zero attached hydrogens (tertiary/aromatic N) is 3. The van der Waals surface area contributed by atoms with Gasteiger partial charge in [-0.3, -0.25) is 14.3 Å². The molecule has 0 radical (unpaired) electrons. The maximum atomic E-state index is 13.0. The van der Waals surface area contributed by atoms with E-state index in [-0.39, 0.29) is 16.8 Å². The van der Waals surface area contributed by atoms with Crippen molar-refractivity contribution >= 4 is 17.7 Å². The summed E-state index contributed by atoms with van der Waals surface area (Å²) in [5.74, 6) is 0.411. The van der Waals surface area contributed by atoms with E-state index in [9.17, 15) is 14.9 Å². The molecule has 0 spiro atoms. The van der Waals surface area contributed by atoms with Crippen LogP contribution in [0.1, 0.15) is 24.6 Å². The topological polar surface area (TPSA) is 98.3 Å². The van der Waals surface area contributed by atoms with Gasteiger partial charge in [0.25, 0.3) is 11.5 Å². The first-order chi connectivity index (χ1) is 15.9. The fraction of sp³-hybridized carbons (Fsp3) is 0.240. The highest BCUT2D eigenvalue weighted by Crippen LogP contribution is 2.29. The van der Waals surface area contributed by atoms with Crippen LogP contribution in [0, 0.1) is 18.3 Å². The van der Waals surface area contributed by atoms with E-state index in [1.54, 1.807) is 49.0 Å². The van der Waals surface area contributed by atoms with Gasteiger partial charge < -0.3 is 14.8 Å². The second-order valence-electron chi connectivity index (χ2n) is 7.32. The van der Waals surface area contributed by atoms with E-state index >= 15 is 0 Å². The lowest BCUT2D eigenvalue weighted by atomic mass is 10.1. The number of anilines is 1. The first-order valence-electron chi connectivity index (χ1n) is 10.5. The molecule has 0 aliphatic rings. The van der Waals surface area contributed by atoms with Crippen LogP contribution in [-0.4, -0.2) is 29.0 Å². The average molecular weight is 447 g/mol. The summed E-state index contributed by atoms with van der Waals surface area (Å²) in [7, 11) is 3.25. The Hall–Kier alpha value is -4.25. The Bertz CT molecular complexity index is 1280. The maximum Gasteiger partial charge on any atom is 0.295 e. The molecule has 1 heterocycles. The first kappa shape index (κ1) is 23.4. The monoisotopic (exact) mass is 446 g/mol. The van der Waals surface area contributed by atoms with Gasteiger partial charge in [-0.1, -0.05) is 31.2 Å². The van der Waals surface area contributed by atoms with Crippen molar-refractivity contribution in [3.63, 3.8) is 0 Å². The zero-order valence-electron chi connectivity index (χ0n) is 19.1. The Balaban J connectivity index is 1.90. The number of carbonyl (C=O) groups is 1. The molecule has 1 amide bonds. The number of amides is 1. The zero-order valence-corrected chi connectivity index (χ0v) is 19.1. The summed E-state index contributed by atoms with van der Waals surface area (Å²) in [6.45, 7) is 4.28. The Kier molecular flexibility index (Phi) is 7.36. The summed E-state index contributed by atoms with van der Waals surface area (Å²) in [4.78, 5) is 25.9. The molecule has 170 valence electrons. The molecule has 0 atom stereocenters. The molecule has 2 aromatic carbocycles. The molecular formula is C25H26N4O4. The molecule has 1 aromatic heterocycles. The van der Waals surface area contributed by atoms with E-state index in [0.29, 0.717) is 35.1 Å². The summed E-state index contributed by atoms with van der Waals surface area (Å²) < 4.78 is 14.1. The molecule has 1 N–H and O–H groups in total. The third kappa shape index (κ3) is 4.99. The normalized spacial score (nSPS) is 11.1. The molecule has 3 rings (SSSR count). The van der Waals surface area contributed by atoms with Gasteiger partial charge in [0.1, 0.15) is 17.3 Å². The van der Waals surface area contributed by atoms with Crippen LogP contribution in [0.25, 0.3) is 11.8 Å². The van der Waals surface area contributed by atoms with Gasteiger partial charge >= 0.3 is 0 Å². The van der Waals surface area contributed by atoms with E-state index < -0.39 is 5.91 Å². The minimum atomic E-state index is -0.672. The number of carbonyl (C=O) groups excluding carboxylic acids is 1. The third-order valence-electron chi connectivity index (χ3n) is 5.12. The number of rotatable bonds is 8. The van der Waals surface area contributed by atoms with E-state index in [1.165, 1.54) is 17.9 Å². The second-order valence-corrected chi connectivity index (χ2v) is 7.32. The quantitative estimate of drug-likeness (QED) is 0.419. The molecule has 0 bridgehead atoms. The van der Waals surface area contributed by atoms with Crippen molar-refractivity contribution in [3.8, 4) is 23.3 Å². The van der Waals surface area contributed by atoms with Gasteiger partial charge in [0, 0.05) is 7.05 Å². The van der Waals surface area contributed by atoms with Crippen LogP contribution in [-0.2, 0) is 11.8 Å². The van der Waals surface area contributed by atoms with Crippen molar-refractivity contribution in [1.29, 1.82) is 5.26 Å². The summed E-state index contributed by atoms with van der Waals surface area (Å²) in [6, 6.07) is 16.2. The van der Waals surface area contributed by atoms with Crippen LogP contribution < -0.4 is 20.3 Å². The van der Waals surface area contributed by atoms with Gasteiger partial charge in [0.15, 0.2) is 11.5 Å². The first-order valence-corrected chi connectivity index (χ1v) is 10.5. The number of ether oxygens (including phenoxy) is 2. The predicted molar refractivity (Wildman–Crippen MR) is 127 cm³/mol. The highest BCUT2D eigenvalue weighted by molar-refractivity contribution is 6.09. The second kappa shape index (κ2) is 10.4. The smallest absolute Gasteiger partial charge is 0.295 e. The molecular weight excluding hydrogens is 420 g/mol. The predicted octanol–water partition coefficient (Wildman–Crippen LogP) is 3.83. The van der Waals surface area contributed by atoms with Gasteiger partial charge in [-0.05, 0) is 49.2 Å². The summed E-state index contributed by atoms with van der Waals surface area (Å²) in [6.07, 6.45) is 2.30. The molecule has 0 fully saturated rings. The van der Waals surface area contributed by atoms with Crippen molar-refractivity contribution in [1.82, 2.24) is 9.36 Å². The molecule has 3 aromatic rings. The van der Waals surface area contributed by atoms with Crippen molar-refractivity contribution in [2.75, 3.05) is 19.0 Å². The summed E-state index contributed by atoms with van der Waals surface area (Å²) in [5, 5.41) is 12.2. The highest BCUT2D eigenvalue weighted by atomic mass is 16.5. The molecule has 8 nitrogen and oxygen atoms in total. The van der Waals surface area contributed by atoms with Gasteiger partial charge in [0.2, 0.25) is 0 Å². The Labute approximate surface area is 192 Å². The average Bonchev–Trinajstić information content (AvgIpc) is 3.04. The summed E-state index contributed by atoms with van der Waals surface area (Å²) in [5.41, 5.74) is 1.41. The van der Waals surface area contributed by atoms with Crippen LogP contribution in [0.4, 0.5) is 5.69 Å². The van der Waals surface area contributed by atoms with E-state index in [1.807, 2.05) is 31.2 Å². The Morgan fingerprint density at radius 3 is 2.55 bits per heavy atom. The maximum absolute atomic E-state index is 13.0. The lowest BCUT2D eigenvalue weighted by Gasteiger charge is -2.10. The van der Waals surface area contributed by atoms with Gasteiger partial charge in [-0.15, -0.1) is 0 Å². The van der Waals surface area contributed by atoms with Gasteiger partial charge in [-0.2, -0.15) is 5.26 Å². The molecule has 0 unspecified atom stereocenters. The largest absolute Gasteiger partial charge is 0.493 e. The molecule has 0 saturated heterocycles. The van der Waals surface area contributed by atoms with Crippen LogP contribution in [0.5, 0.6) is 11.5 Å². The number of hydrogen-bond donors (Lipinski definition) is 1. The lowest BCUT2D eigenvalue weighted by Crippen LogP contribution is -2.23. The molecule has 0 aliphatic heterocycles. The van der Waals surface area contributed by atoms with Crippen molar-refractivity contribution < 1.29 is 14.3 Å². The molecule has 0 saturated carbocycles. The van der Waals surface area contributed by atoms with Crippen LogP contribution >= 0.6 is 0 Å². The molecule has 8 heteroatoms. The molecule has 0 aliphatic carbocycles. The fourth-order valence-corrected chi connectivity index (χ4v) is 3.31. The van der Waals surface area contributed by atoms with E-state index in [0.717, 1.165) is 6.42 Å². The molecule has 33 heavy (non-hydrogen) atoms. The zero-order chi connectivity index (χ0) is 24.0. The van der Waals surface area contributed by atoms with Crippen LogP contribution in [0.2, 0.25) is 0 Å². The van der Waals surface area contributed by atoms with Gasteiger partial charge in [0.05, 0.1) is 25.1 Å². The van der Waals surface area contributed by atoms with Crippen molar-refractivity contribution in [2.24, 2.45) is 7.05 Å². The van der Waals surface area contributed by atoms with Crippen molar-refractivity contribution in [2.45, 2.75) is 20.3 Å². The number of nitriles is 1. The Morgan fingerprint density at radius 1 is 1.18 bits per heavy atom. The lowest BCUT2D eigenvalue weighted by molar-refractivity contribution is -0.112.